The second kappa shape index (κ2) is 5.84. The highest BCUT2D eigenvalue weighted by atomic mass is 14.9. The fraction of sp³-hybridized carbons (Fsp3) is 0. The topological polar surface area (TPSA) is 56.4 Å². The maximum absolute atomic E-state index is 9.90. The quantitative estimate of drug-likeness (QED) is 0.235. The van der Waals surface area contributed by atoms with Gasteiger partial charge < -0.3 is 8.80 Å². The van der Waals surface area contributed by atoms with E-state index in [2.05, 4.69) is 81.6 Å². The Kier molecular flexibility index (Phi) is 2.93. The van der Waals surface area contributed by atoms with Crippen LogP contribution in [0.5, 0.6) is 0 Å². The summed E-state index contributed by atoms with van der Waals surface area (Å²) in [7, 11) is 0. The molecule has 0 atom stereocenters. The molecule has 9 rings (SSSR count). The number of aromatic nitrogens is 2. The van der Waals surface area contributed by atoms with Crippen LogP contribution in [-0.2, 0) is 0 Å². The van der Waals surface area contributed by atoms with Crippen molar-refractivity contribution in [2.75, 3.05) is 0 Å². The molecule has 4 heteroatoms. The molecule has 0 amide bonds. The molecule has 0 aliphatic carbocycles. The first-order chi connectivity index (χ1) is 17.8. The van der Waals surface area contributed by atoms with Crippen LogP contribution in [0.25, 0.3) is 76.2 Å². The fourth-order valence-corrected chi connectivity index (χ4v) is 6.69. The van der Waals surface area contributed by atoms with Gasteiger partial charge in [-0.2, -0.15) is 10.5 Å². The van der Waals surface area contributed by atoms with Crippen molar-refractivity contribution in [3.63, 3.8) is 0 Å². The van der Waals surface area contributed by atoms with E-state index in [1.807, 2.05) is 24.3 Å². The van der Waals surface area contributed by atoms with E-state index in [1.165, 1.54) is 10.8 Å². The van der Waals surface area contributed by atoms with Crippen LogP contribution in [0, 0.1) is 22.7 Å². The molecule has 9 aromatic rings. The summed E-state index contributed by atoms with van der Waals surface area (Å²) in [5.41, 5.74) is 8.13. The Hall–Kier alpha value is -5.32. The molecule has 36 heavy (non-hydrogen) atoms. The monoisotopic (exact) mass is 454 g/mol. The van der Waals surface area contributed by atoms with Gasteiger partial charge in [0.05, 0.1) is 56.4 Å². The first-order valence-corrected chi connectivity index (χ1v) is 11.9. The van der Waals surface area contributed by atoms with Crippen LogP contribution >= 0.6 is 0 Å². The smallest absolute Gasteiger partial charge is 0.0999 e. The zero-order valence-corrected chi connectivity index (χ0v) is 18.9. The van der Waals surface area contributed by atoms with Crippen molar-refractivity contribution in [1.29, 1.82) is 10.5 Å². The molecule has 0 unspecified atom stereocenters. The molecule has 0 saturated heterocycles. The van der Waals surface area contributed by atoms with Crippen LogP contribution in [0.1, 0.15) is 11.1 Å². The molecule has 0 radical (unpaired) electrons. The minimum absolute atomic E-state index is 0.705. The van der Waals surface area contributed by atoms with Gasteiger partial charge >= 0.3 is 0 Å². The number of fused-ring (bicyclic) bond motifs is 12. The van der Waals surface area contributed by atoms with Gasteiger partial charge in [-0.05, 0) is 36.4 Å². The predicted molar refractivity (Wildman–Crippen MR) is 145 cm³/mol. The Morgan fingerprint density at radius 3 is 1.33 bits per heavy atom. The molecule has 4 heterocycles. The second-order valence-electron chi connectivity index (χ2n) is 9.58. The van der Waals surface area contributed by atoms with E-state index >= 15 is 0 Å². The molecule has 4 nitrogen and oxygen atoms in total. The van der Waals surface area contributed by atoms with Crippen molar-refractivity contribution in [2.45, 2.75) is 0 Å². The molecule has 162 valence electrons. The summed E-state index contributed by atoms with van der Waals surface area (Å²) in [6.45, 7) is 0. The Balaban J connectivity index is 1.61. The van der Waals surface area contributed by atoms with Crippen LogP contribution in [0.2, 0.25) is 0 Å². The molecule has 5 aromatic carbocycles. The third-order valence-electron chi connectivity index (χ3n) is 8.05. The summed E-state index contributed by atoms with van der Waals surface area (Å²) in [5, 5.41) is 28.7. The molecule has 4 aromatic heterocycles. The maximum atomic E-state index is 9.90. The zero-order valence-electron chi connectivity index (χ0n) is 18.9. The van der Waals surface area contributed by atoms with E-state index in [0.29, 0.717) is 11.1 Å². The lowest BCUT2D eigenvalue weighted by atomic mass is 10.0. The Morgan fingerprint density at radius 1 is 0.444 bits per heavy atom. The largest absolute Gasteiger partial charge is 0.308 e. The van der Waals surface area contributed by atoms with E-state index in [1.54, 1.807) is 0 Å². The van der Waals surface area contributed by atoms with Gasteiger partial charge in [-0.15, -0.1) is 0 Å². The fourth-order valence-electron chi connectivity index (χ4n) is 6.69. The predicted octanol–water partition coefficient (Wildman–Crippen LogP) is 7.73. The first-order valence-electron chi connectivity index (χ1n) is 11.9. The Labute approximate surface area is 203 Å². The number of hydrogen-bond donors (Lipinski definition) is 0. The molecule has 0 N–H and O–H groups in total. The van der Waals surface area contributed by atoms with Crippen molar-refractivity contribution in [3.8, 4) is 12.1 Å². The maximum Gasteiger partial charge on any atom is 0.0999 e. The minimum Gasteiger partial charge on any atom is -0.308 e. The lowest BCUT2D eigenvalue weighted by molar-refractivity contribution is 1.36. The van der Waals surface area contributed by atoms with Gasteiger partial charge in [0, 0.05) is 43.1 Å². The Morgan fingerprint density at radius 2 is 0.889 bits per heavy atom. The van der Waals surface area contributed by atoms with Gasteiger partial charge in [-0.1, -0.05) is 48.5 Å². The zero-order chi connectivity index (χ0) is 23.7. The number of hydrogen-bond acceptors (Lipinski definition) is 2. The van der Waals surface area contributed by atoms with E-state index in [9.17, 15) is 10.5 Å². The molecule has 0 aliphatic heterocycles. The lowest BCUT2D eigenvalue weighted by Crippen LogP contribution is -1.82. The van der Waals surface area contributed by atoms with Gasteiger partial charge in [0.2, 0.25) is 0 Å². The van der Waals surface area contributed by atoms with E-state index in [0.717, 1.165) is 65.4 Å². The average molecular weight is 454 g/mol. The number of nitrogens with zero attached hydrogens (tertiary/aromatic N) is 4. The highest BCUT2D eigenvalue weighted by molar-refractivity contribution is 6.29. The van der Waals surface area contributed by atoms with Gasteiger partial charge in [0.1, 0.15) is 0 Å². The van der Waals surface area contributed by atoms with Crippen molar-refractivity contribution in [1.82, 2.24) is 8.80 Å². The van der Waals surface area contributed by atoms with E-state index in [-0.39, 0.29) is 0 Å². The molecule has 0 aliphatic rings. The SMILES string of the molecule is N#Cc1ccc2c3cc4c(cc3n3c5ccccc5c1c23)c1ccc(C#N)c2c3ccccc3n4c12. The normalized spacial score (nSPS) is 12.4. The average Bonchev–Trinajstić information content (AvgIpc) is 3.64. The third kappa shape index (κ3) is 1.79. The lowest BCUT2D eigenvalue weighted by Gasteiger charge is -2.01. The summed E-state index contributed by atoms with van der Waals surface area (Å²) >= 11 is 0. The van der Waals surface area contributed by atoms with Crippen LogP contribution in [0.3, 0.4) is 0 Å². The molecule has 0 saturated carbocycles. The van der Waals surface area contributed by atoms with Crippen molar-refractivity contribution >= 4 is 76.2 Å². The van der Waals surface area contributed by atoms with Gasteiger partial charge in [-0.3, -0.25) is 0 Å². The summed E-state index contributed by atoms with van der Waals surface area (Å²) in [6.07, 6.45) is 0. The summed E-state index contributed by atoms with van der Waals surface area (Å²) in [5.74, 6) is 0. The van der Waals surface area contributed by atoms with Crippen LogP contribution in [0.4, 0.5) is 0 Å². The van der Waals surface area contributed by atoms with Crippen molar-refractivity contribution in [3.05, 3.63) is 96.1 Å². The number of nitriles is 2. The molecule has 0 fully saturated rings. The third-order valence-corrected chi connectivity index (χ3v) is 8.05. The first kappa shape index (κ1) is 18.1. The van der Waals surface area contributed by atoms with E-state index < -0.39 is 0 Å². The minimum atomic E-state index is 0.705. The molecule has 0 bridgehead atoms. The van der Waals surface area contributed by atoms with E-state index in [4.69, 9.17) is 0 Å². The number of benzene rings is 5. The van der Waals surface area contributed by atoms with Crippen LogP contribution in [-0.4, -0.2) is 8.80 Å². The standard InChI is InChI=1S/C32H14N4/c33-15-17-9-11-19-23-14-28-24(13-27(23)35-25-7-3-1-5-21(25)29(17)31(19)35)20-12-10-18(16-34)30-22-6-2-4-8-26(22)36(28)32(20)30/h1-14H. The highest BCUT2D eigenvalue weighted by Crippen LogP contribution is 2.45. The van der Waals surface area contributed by atoms with Crippen LogP contribution < -0.4 is 0 Å². The van der Waals surface area contributed by atoms with Gasteiger partial charge in [0.25, 0.3) is 0 Å². The number of para-hydroxylation sites is 2. The summed E-state index contributed by atoms with van der Waals surface area (Å²) in [4.78, 5) is 0. The highest BCUT2D eigenvalue weighted by Gasteiger charge is 2.24. The van der Waals surface area contributed by atoms with Crippen LogP contribution in [0.15, 0.2) is 84.9 Å². The summed E-state index contributed by atoms with van der Waals surface area (Å²) in [6, 6.07) is 34.2. The van der Waals surface area contributed by atoms with Crippen molar-refractivity contribution in [2.24, 2.45) is 0 Å². The second-order valence-corrected chi connectivity index (χ2v) is 9.58. The molecular weight excluding hydrogens is 440 g/mol. The number of rotatable bonds is 0. The van der Waals surface area contributed by atoms with Gasteiger partial charge in [0.15, 0.2) is 0 Å². The van der Waals surface area contributed by atoms with Crippen molar-refractivity contribution < 1.29 is 0 Å². The van der Waals surface area contributed by atoms with Gasteiger partial charge in [-0.25, -0.2) is 0 Å². The summed E-state index contributed by atoms with van der Waals surface area (Å²) < 4.78 is 4.64. The molecular formula is C32H14N4. The molecule has 0 spiro atoms. The Bertz CT molecular complexity index is 2310.